The Balaban J connectivity index is 2.85. The van der Waals surface area contributed by atoms with Crippen LogP contribution in [0.3, 0.4) is 0 Å². The van der Waals surface area contributed by atoms with Crippen LogP contribution < -0.4 is 0 Å². The average molecular weight is 203 g/mol. The van der Waals surface area contributed by atoms with Crippen molar-refractivity contribution in [2.24, 2.45) is 7.05 Å². The first-order valence-corrected chi connectivity index (χ1v) is 4.80. The van der Waals surface area contributed by atoms with Gasteiger partial charge < -0.3 is 9.67 Å². The lowest BCUT2D eigenvalue weighted by atomic mass is 10.0. The molecule has 0 aliphatic rings. The molecule has 0 unspecified atom stereocenters. The van der Waals surface area contributed by atoms with Gasteiger partial charge >= 0.3 is 5.97 Å². The molecule has 1 aromatic carbocycles. The predicted molar refractivity (Wildman–Crippen MR) is 59.4 cm³/mol. The third-order valence-corrected chi connectivity index (χ3v) is 2.77. The quantitative estimate of drug-likeness (QED) is 0.773. The van der Waals surface area contributed by atoms with E-state index in [2.05, 4.69) is 0 Å². The monoisotopic (exact) mass is 203 g/mol. The van der Waals surface area contributed by atoms with E-state index in [1.54, 1.807) is 6.07 Å². The zero-order valence-electron chi connectivity index (χ0n) is 9.03. The van der Waals surface area contributed by atoms with E-state index in [-0.39, 0.29) is 0 Å². The number of hydrogen-bond donors (Lipinski definition) is 1. The van der Waals surface area contributed by atoms with Crippen molar-refractivity contribution in [2.75, 3.05) is 0 Å². The summed E-state index contributed by atoms with van der Waals surface area (Å²) in [5.74, 6) is -0.863. The van der Waals surface area contributed by atoms with Crippen molar-refractivity contribution in [3.05, 3.63) is 35.0 Å². The van der Waals surface area contributed by atoms with Gasteiger partial charge in [0.2, 0.25) is 0 Å². The zero-order chi connectivity index (χ0) is 11.2. The molecule has 0 atom stereocenters. The minimum Gasteiger partial charge on any atom is -0.478 e. The predicted octanol–water partition coefficient (Wildman–Crippen LogP) is 2.49. The van der Waals surface area contributed by atoms with Gasteiger partial charge in [0.25, 0.3) is 0 Å². The van der Waals surface area contributed by atoms with Crippen LogP contribution in [-0.4, -0.2) is 15.6 Å². The van der Waals surface area contributed by atoms with Crippen molar-refractivity contribution in [1.29, 1.82) is 0 Å². The van der Waals surface area contributed by atoms with E-state index in [0.717, 1.165) is 22.0 Å². The highest BCUT2D eigenvalue weighted by atomic mass is 16.4. The highest BCUT2D eigenvalue weighted by Gasteiger charge is 2.11. The van der Waals surface area contributed by atoms with Crippen LogP contribution >= 0.6 is 0 Å². The van der Waals surface area contributed by atoms with Crippen molar-refractivity contribution < 1.29 is 9.90 Å². The zero-order valence-corrected chi connectivity index (χ0v) is 9.03. The molecular formula is C12H13NO2. The average Bonchev–Trinajstić information content (AvgIpc) is 2.41. The number of nitrogens with zero attached hydrogens (tertiary/aromatic N) is 1. The normalized spacial score (nSPS) is 10.9. The minimum atomic E-state index is -0.863. The lowest BCUT2D eigenvalue weighted by molar-refractivity contribution is 0.0696. The molecule has 1 N–H and O–H groups in total. The number of aromatic carboxylic acids is 1. The number of hydrogen-bond acceptors (Lipinski definition) is 1. The number of benzene rings is 1. The first-order valence-electron chi connectivity index (χ1n) is 4.80. The number of aryl methyl sites for hydroxylation is 3. The van der Waals surface area contributed by atoms with Gasteiger partial charge in [-0.2, -0.15) is 0 Å². The Morgan fingerprint density at radius 2 is 1.93 bits per heavy atom. The molecule has 1 aromatic heterocycles. The van der Waals surface area contributed by atoms with Crippen LogP contribution in [0, 0.1) is 13.8 Å². The summed E-state index contributed by atoms with van der Waals surface area (Å²) in [5, 5.41) is 10.0. The standard InChI is InChI=1S/C12H13NO2/c1-7-4-11-9(5-10(7)12(14)15)8(2)6-13(11)3/h4-6H,1-3H3,(H,14,15). The minimum absolute atomic E-state index is 0.386. The summed E-state index contributed by atoms with van der Waals surface area (Å²) in [5.41, 5.74) is 3.37. The maximum absolute atomic E-state index is 11.0. The second kappa shape index (κ2) is 3.12. The molecule has 0 fully saturated rings. The molecule has 0 spiro atoms. The van der Waals surface area contributed by atoms with Crippen molar-refractivity contribution in [1.82, 2.24) is 4.57 Å². The summed E-state index contributed by atoms with van der Waals surface area (Å²) < 4.78 is 2.02. The number of rotatable bonds is 1. The molecular weight excluding hydrogens is 190 g/mol. The smallest absolute Gasteiger partial charge is 0.335 e. The molecule has 0 aliphatic carbocycles. The molecule has 2 aromatic rings. The van der Waals surface area contributed by atoms with E-state index >= 15 is 0 Å². The van der Waals surface area contributed by atoms with Crippen LogP contribution in [0.5, 0.6) is 0 Å². The molecule has 0 amide bonds. The molecule has 3 heteroatoms. The number of fused-ring (bicyclic) bond motifs is 1. The summed E-state index contributed by atoms with van der Waals surface area (Å²) in [6.07, 6.45) is 2.01. The Morgan fingerprint density at radius 1 is 1.27 bits per heavy atom. The van der Waals surface area contributed by atoms with Crippen molar-refractivity contribution in [2.45, 2.75) is 13.8 Å². The van der Waals surface area contributed by atoms with Crippen LogP contribution in [0.1, 0.15) is 21.5 Å². The van der Waals surface area contributed by atoms with E-state index in [9.17, 15) is 4.79 Å². The maximum Gasteiger partial charge on any atom is 0.335 e. The fourth-order valence-corrected chi connectivity index (χ4v) is 1.96. The van der Waals surface area contributed by atoms with Crippen molar-refractivity contribution >= 4 is 16.9 Å². The van der Waals surface area contributed by atoms with Crippen LogP contribution in [0.2, 0.25) is 0 Å². The third-order valence-electron chi connectivity index (χ3n) is 2.77. The number of carboxylic acid groups (broad SMARTS) is 1. The Kier molecular flexibility index (Phi) is 2.03. The molecule has 0 bridgehead atoms. The second-order valence-electron chi connectivity index (χ2n) is 3.91. The molecule has 0 radical (unpaired) electrons. The molecule has 2 rings (SSSR count). The lowest BCUT2D eigenvalue weighted by Gasteiger charge is -2.03. The van der Waals surface area contributed by atoms with Gasteiger partial charge in [-0.25, -0.2) is 4.79 Å². The Hall–Kier alpha value is -1.77. The van der Waals surface area contributed by atoms with E-state index < -0.39 is 5.97 Å². The Labute approximate surface area is 87.9 Å². The summed E-state index contributed by atoms with van der Waals surface area (Å²) >= 11 is 0. The maximum atomic E-state index is 11.0. The second-order valence-corrected chi connectivity index (χ2v) is 3.91. The van der Waals surface area contributed by atoms with Gasteiger partial charge in [0.15, 0.2) is 0 Å². The molecule has 78 valence electrons. The van der Waals surface area contributed by atoms with Gasteiger partial charge in [0, 0.05) is 24.1 Å². The number of carbonyl (C=O) groups is 1. The number of carboxylic acids is 1. The lowest BCUT2D eigenvalue weighted by Crippen LogP contribution is -1.99. The van der Waals surface area contributed by atoms with Crippen LogP contribution in [0.4, 0.5) is 0 Å². The van der Waals surface area contributed by atoms with Gasteiger partial charge in [0.05, 0.1) is 5.56 Å². The van der Waals surface area contributed by atoms with Crippen LogP contribution in [0.15, 0.2) is 18.3 Å². The largest absolute Gasteiger partial charge is 0.478 e. The summed E-state index contributed by atoms with van der Waals surface area (Å²) in [6, 6.07) is 3.67. The SMILES string of the molecule is Cc1cc2c(cc1C(=O)O)c(C)cn2C. The molecule has 15 heavy (non-hydrogen) atoms. The summed E-state index contributed by atoms with van der Waals surface area (Å²) in [4.78, 5) is 11.0. The van der Waals surface area contributed by atoms with Crippen molar-refractivity contribution in [3.8, 4) is 0 Å². The molecule has 0 saturated heterocycles. The molecule has 0 aliphatic heterocycles. The van der Waals surface area contributed by atoms with E-state index in [4.69, 9.17) is 5.11 Å². The van der Waals surface area contributed by atoms with Crippen molar-refractivity contribution in [3.63, 3.8) is 0 Å². The first kappa shape index (κ1) is 9.77. The molecule has 3 nitrogen and oxygen atoms in total. The summed E-state index contributed by atoms with van der Waals surface area (Å²) in [7, 11) is 1.97. The van der Waals surface area contributed by atoms with Gasteiger partial charge in [-0.1, -0.05) is 0 Å². The van der Waals surface area contributed by atoms with Gasteiger partial charge in [-0.3, -0.25) is 0 Å². The van der Waals surface area contributed by atoms with Gasteiger partial charge in [-0.15, -0.1) is 0 Å². The Bertz CT molecular complexity index is 552. The van der Waals surface area contributed by atoms with E-state index in [0.29, 0.717) is 5.56 Å². The van der Waals surface area contributed by atoms with Crippen LogP contribution in [-0.2, 0) is 7.05 Å². The fourth-order valence-electron chi connectivity index (χ4n) is 1.96. The van der Waals surface area contributed by atoms with Crippen LogP contribution in [0.25, 0.3) is 10.9 Å². The molecule has 1 heterocycles. The first-order chi connectivity index (χ1) is 7.00. The third kappa shape index (κ3) is 1.40. The van der Waals surface area contributed by atoms with Gasteiger partial charge in [0.1, 0.15) is 0 Å². The topological polar surface area (TPSA) is 42.2 Å². The van der Waals surface area contributed by atoms with E-state index in [1.165, 1.54) is 0 Å². The van der Waals surface area contributed by atoms with Gasteiger partial charge in [-0.05, 0) is 37.1 Å². The number of aromatic nitrogens is 1. The highest BCUT2D eigenvalue weighted by molar-refractivity contribution is 5.96. The molecule has 0 saturated carbocycles. The fraction of sp³-hybridized carbons (Fsp3) is 0.250. The van der Waals surface area contributed by atoms with E-state index in [1.807, 2.05) is 37.7 Å². The Morgan fingerprint density at radius 3 is 2.53 bits per heavy atom. The summed E-state index contributed by atoms with van der Waals surface area (Å²) in [6.45, 7) is 3.81. The highest BCUT2D eigenvalue weighted by Crippen LogP contribution is 2.23.